The number of hydrogen-bond donors (Lipinski definition) is 4. The zero-order chi connectivity index (χ0) is 31.7. The average Bonchev–Trinajstić information content (AvgIpc) is 3.31. The van der Waals surface area contributed by atoms with Gasteiger partial charge in [0, 0.05) is 29.0 Å². The third-order valence-corrected chi connectivity index (χ3v) is 9.73. The molecule has 0 aliphatic carbocycles. The molecule has 0 spiro atoms. The smallest absolute Gasteiger partial charge is 0.214 e. The van der Waals surface area contributed by atoms with Crippen molar-refractivity contribution in [3.63, 3.8) is 0 Å². The van der Waals surface area contributed by atoms with Crippen LogP contribution in [0.1, 0.15) is 87.2 Å². The number of carbonyl (C=O) groups is 2. The van der Waals surface area contributed by atoms with Crippen LogP contribution in [0.15, 0.2) is 41.4 Å². The minimum Gasteiger partial charge on any atom is -0.388 e. The van der Waals surface area contributed by atoms with Gasteiger partial charge in [0.25, 0.3) is 0 Å². The second-order valence-electron chi connectivity index (χ2n) is 12.8. The van der Waals surface area contributed by atoms with Crippen molar-refractivity contribution in [2.75, 3.05) is 23.8 Å². The lowest BCUT2D eigenvalue weighted by Gasteiger charge is -2.31. The number of nitrogens with one attached hydrogen (secondary N) is 2. The summed E-state index contributed by atoms with van der Waals surface area (Å²) in [6.07, 6.45) is 0. The molecule has 0 saturated heterocycles. The number of hydrogen-bond acceptors (Lipinski definition) is 8. The lowest BCUT2D eigenvalue weighted by molar-refractivity contribution is -0.0950. The highest BCUT2D eigenvalue weighted by Gasteiger charge is 2.42. The summed E-state index contributed by atoms with van der Waals surface area (Å²) in [4.78, 5) is 27.7. The van der Waals surface area contributed by atoms with E-state index in [1.807, 2.05) is 27.7 Å². The van der Waals surface area contributed by atoms with E-state index in [9.17, 15) is 19.8 Å². The van der Waals surface area contributed by atoms with Crippen LogP contribution in [0.25, 0.3) is 0 Å². The van der Waals surface area contributed by atoms with Crippen molar-refractivity contribution in [1.29, 1.82) is 0 Å². The second kappa shape index (κ2) is 11.3. The van der Waals surface area contributed by atoms with Crippen LogP contribution in [0, 0.1) is 0 Å². The molecule has 12 heteroatoms. The molecule has 0 atom stereocenters. The molecule has 0 amide bonds. The van der Waals surface area contributed by atoms with Crippen molar-refractivity contribution in [3.8, 4) is 0 Å². The molecule has 42 heavy (non-hydrogen) atoms. The van der Waals surface area contributed by atoms with Crippen molar-refractivity contribution in [1.82, 2.24) is 0 Å². The van der Waals surface area contributed by atoms with Crippen LogP contribution in [-0.4, -0.2) is 46.2 Å². The number of fused-ring (bicyclic) bond motifs is 2. The van der Waals surface area contributed by atoms with Crippen molar-refractivity contribution in [2.45, 2.75) is 77.8 Å². The molecule has 2 aromatic carbocycles. The maximum atomic E-state index is 13.9. The third-order valence-electron chi connectivity index (χ3n) is 6.89. The molecule has 2 aliphatic heterocycles. The normalized spacial score (nSPS) is 17.4. The average molecular weight is 838 g/mol. The van der Waals surface area contributed by atoms with Gasteiger partial charge in [-0.3, -0.25) is 9.59 Å². The minimum absolute atomic E-state index is 0.0835. The summed E-state index contributed by atoms with van der Waals surface area (Å²) in [6.45, 7) is 14.3. The zero-order valence-corrected chi connectivity index (χ0v) is 31.0. The molecule has 2 aliphatic rings. The Balaban J connectivity index is 1.74. The Kier molecular flexibility index (Phi) is 9.12. The molecule has 0 radical (unpaired) electrons. The predicted molar refractivity (Wildman–Crippen MR) is 177 cm³/mol. The van der Waals surface area contributed by atoms with Crippen LogP contribution >= 0.6 is 63.7 Å². The number of carbonyl (C=O) groups excluding carboxylic acids is 2. The molecule has 0 fully saturated rings. The summed E-state index contributed by atoms with van der Waals surface area (Å²) >= 11 is 14.5. The summed E-state index contributed by atoms with van der Waals surface area (Å²) in [6, 6.07) is 3.57. The highest BCUT2D eigenvalue weighted by atomic mass is 79.9. The maximum Gasteiger partial charge on any atom is 0.214 e. The molecule has 0 aromatic heterocycles. The largest absolute Gasteiger partial charge is 0.388 e. The number of allylic oxidation sites excluding steroid dienone is 2. The first kappa shape index (κ1) is 33.8. The first-order valence-corrected chi connectivity index (χ1v) is 16.4. The monoisotopic (exact) mass is 834 g/mol. The van der Waals surface area contributed by atoms with E-state index in [1.54, 1.807) is 39.8 Å². The molecule has 8 nitrogen and oxygen atoms in total. The lowest BCUT2D eigenvalue weighted by Crippen LogP contribution is -2.33. The van der Waals surface area contributed by atoms with Gasteiger partial charge in [0.2, 0.25) is 11.6 Å². The van der Waals surface area contributed by atoms with Gasteiger partial charge in [-0.25, -0.2) is 0 Å². The van der Waals surface area contributed by atoms with Gasteiger partial charge in [0.15, 0.2) is 0 Å². The number of ketones is 2. The van der Waals surface area contributed by atoms with Crippen molar-refractivity contribution in [2.24, 2.45) is 0 Å². The summed E-state index contributed by atoms with van der Waals surface area (Å²) in [5.41, 5.74) is -0.310. The number of anilines is 2. The molecule has 0 bridgehead atoms. The van der Waals surface area contributed by atoms with Gasteiger partial charge >= 0.3 is 0 Å². The van der Waals surface area contributed by atoms with Crippen molar-refractivity contribution in [3.05, 3.63) is 63.7 Å². The SMILES string of the molecule is CC(C)(O)COC(C)(C)c1c(Br)cc2c(c1Br)C(=O)/C(=C1\Nc3cc(Br)c(C(C)(C)OCC(C)(C)O)c(Br)c3C1=O)N2. The van der Waals surface area contributed by atoms with E-state index < -0.39 is 22.4 Å². The van der Waals surface area contributed by atoms with Gasteiger partial charge in [-0.15, -0.1) is 0 Å². The maximum absolute atomic E-state index is 13.9. The van der Waals surface area contributed by atoms with Gasteiger partial charge in [-0.2, -0.15) is 0 Å². The van der Waals surface area contributed by atoms with E-state index in [1.165, 1.54) is 0 Å². The van der Waals surface area contributed by atoms with Crippen molar-refractivity contribution < 1.29 is 29.3 Å². The van der Waals surface area contributed by atoms with Crippen LogP contribution in [-0.2, 0) is 20.7 Å². The Morgan fingerprint density at radius 1 is 0.643 bits per heavy atom. The quantitative estimate of drug-likeness (QED) is 0.199. The minimum atomic E-state index is -1.04. The van der Waals surface area contributed by atoms with Gasteiger partial charge < -0.3 is 30.3 Å². The zero-order valence-electron chi connectivity index (χ0n) is 24.6. The fourth-order valence-corrected chi connectivity index (χ4v) is 9.34. The van der Waals surface area contributed by atoms with E-state index in [2.05, 4.69) is 74.4 Å². The van der Waals surface area contributed by atoms with E-state index in [-0.39, 0.29) is 36.2 Å². The molecule has 0 saturated carbocycles. The fraction of sp³-hybridized carbons (Fsp3) is 0.467. The molecule has 4 rings (SSSR count). The first-order valence-electron chi connectivity index (χ1n) is 13.2. The molecule has 2 aromatic rings. The molecule has 2 heterocycles. The number of rotatable bonds is 8. The van der Waals surface area contributed by atoms with E-state index in [4.69, 9.17) is 9.47 Å². The lowest BCUT2D eigenvalue weighted by atomic mass is 9.93. The number of ether oxygens (including phenoxy) is 2. The third kappa shape index (κ3) is 6.47. The summed E-state index contributed by atoms with van der Waals surface area (Å²) in [7, 11) is 0. The standard InChI is InChI=1S/C30H34Br4N2O6/c1-27(2,39)11-41-29(5,6)19-13(31)9-15-17(21(19)33)25(37)23(35-15)24-26(38)18-16(36-24)10-14(32)20(22(18)34)30(7,8)42-12-28(3,4)40/h9-10,35-36,39-40H,11-12H2,1-8H3/b24-23+. The van der Waals surface area contributed by atoms with Crippen molar-refractivity contribution >= 4 is 86.7 Å². The molecule has 4 N–H and O–H groups in total. The summed E-state index contributed by atoms with van der Waals surface area (Å²) < 4.78 is 14.6. The molecular weight excluding hydrogens is 804 g/mol. The van der Waals surface area contributed by atoms with Gasteiger partial charge in [-0.1, -0.05) is 31.9 Å². The van der Waals surface area contributed by atoms with Gasteiger partial charge in [0.05, 0.1) is 58.1 Å². The highest BCUT2D eigenvalue weighted by Crippen LogP contribution is 2.49. The Labute approximate surface area is 279 Å². The van der Waals surface area contributed by atoms with Crippen LogP contribution in [0.2, 0.25) is 0 Å². The number of halogens is 4. The number of Topliss-reactive ketones (excluding diaryl/α,β-unsaturated/α-hetero) is 2. The van der Waals surface area contributed by atoms with E-state index in [0.717, 1.165) is 0 Å². The topological polar surface area (TPSA) is 117 Å². The Hall–Kier alpha value is -1.12. The Morgan fingerprint density at radius 3 is 1.24 bits per heavy atom. The fourth-order valence-electron chi connectivity index (χ4n) is 4.83. The van der Waals surface area contributed by atoms with E-state index >= 15 is 0 Å². The van der Waals surface area contributed by atoms with Gasteiger partial charge in [-0.05, 0) is 99.4 Å². The molecular formula is C30H34Br4N2O6. The number of benzene rings is 2. The highest BCUT2D eigenvalue weighted by molar-refractivity contribution is 9.11. The Bertz CT molecular complexity index is 1420. The van der Waals surface area contributed by atoms with Gasteiger partial charge in [0.1, 0.15) is 11.4 Å². The second-order valence-corrected chi connectivity index (χ2v) is 16.1. The summed E-state index contributed by atoms with van der Waals surface area (Å²) in [5, 5.41) is 26.7. The summed E-state index contributed by atoms with van der Waals surface area (Å²) in [5.74, 6) is -0.700. The van der Waals surface area contributed by atoms with Crippen LogP contribution in [0.5, 0.6) is 0 Å². The Morgan fingerprint density at radius 2 is 0.952 bits per heavy atom. The first-order chi connectivity index (χ1) is 19.1. The molecule has 0 unspecified atom stereocenters. The van der Waals surface area contributed by atoms with E-state index in [0.29, 0.717) is 51.5 Å². The predicted octanol–water partition coefficient (Wildman–Crippen LogP) is 7.91. The van der Waals surface area contributed by atoms with Crippen LogP contribution in [0.3, 0.4) is 0 Å². The molecule has 228 valence electrons. The number of aliphatic hydroxyl groups is 2. The van der Waals surface area contributed by atoms with Crippen LogP contribution < -0.4 is 10.6 Å². The van der Waals surface area contributed by atoms with Crippen LogP contribution in [0.4, 0.5) is 11.4 Å².